The summed E-state index contributed by atoms with van der Waals surface area (Å²) in [6.07, 6.45) is 6.00. The van der Waals surface area contributed by atoms with Crippen molar-refractivity contribution in [2.24, 2.45) is 0 Å². The van der Waals surface area contributed by atoms with Gasteiger partial charge in [0.15, 0.2) is 0 Å². The molecular formula is C77H87B2LiO6S2. The molecule has 5 heterocycles. The molecule has 3 saturated heterocycles. The first-order valence-electron chi connectivity index (χ1n) is 31.5. The Balaban J connectivity index is 0.000000147. The maximum atomic E-state index is 6.46. The third kappa shape index (κ3) is 12.3. The molecular weight excluding hydrogens is 1110 g/mol. The van der Waals surface area contributed by atoms with Crippen molar-refractivity contribution in [3.63, 3.8) is 0 Å². The minimum absolute atomic E-state index is 0. The summed E-state index contributed by atoms with van der Waals surface area (Å²) in [6.45, 7) is 36.0. The second-order valence-electron chi connectivity index (χ2n) is 27.1. The summed E-state index contributed by atoms with van der Waals surface area (Å²) in [6, 6.07) is 60.5. The third-order valence-corrected chi connectivity index (χ3v) is 21.6. The number of hydrogen-bond acceptors (Lipinski definition) is 8. The van der Waals surface area contributed by atoms with E-state index in [4.69, 9.17) is 28.0 Å². The molecule has 0 atom stereocenters. The van der Waals surface area contributed by atoms with Crippen molar-refractivity contribution in [2.75, 3.05) is 13.2 Å². The largest absolute Gasteiger partial charge is 1.00 e. The Kier molecular flexibility index (Phi) is 19.2. The van der Waals surface area contributed by atoms with Crippen molar-refractivity contribution >= 4 is 82.9 Å². The molecule has 0 spiro atoms. The zero-order valence-electron chi connectivity index (χ0n) is 55.2. The van der Waals surface area contributed by atoms with Crippen LogP contribution < -0.4 is 24.3 Å². The molecule has 0 amide bonds. The van der Waals surface area contributed by atoms with Gasteiger partial charge in [-0.25, -0.2) is 0 Å². The van der Waals surface area contributed by atoms with Gasteiger partial charge in [-0.2, -0.15) is 13.3 Å². The molecule has 8 aromatic carbocycles. The zero-order valence-corrected chi connectivity index (χ0v) is 56.8. The molecule has 3 aliphatic heterocycles. The predicted octanol–water partition coefficient (Wildman–Crippen LogP) is 17.8. The summed E-state index contributed by atoms with van der Waals surface area (Å²) in [4.78, 5) is 0. The molecule has 10 aromatic rings. The number of unbranched alkanes of at least 4 members (excludes halogenated alkanes) is 1. The molecule has 450 valence electrons. The Bertz CT molecular complexity index is 4090. The van der Waals surface area contributed by atoms with Crippen molar-refractivity contribution in [3.8, 4) is 44.5 Å². The van der Waals surface area contributed by atoms with Gasteiger partial charge in [-0.15, -0.1) is 22.7 Å². The summed E-state index contributed by atoms with van der Waals surface area (Å²) in [5.74, 6) is 0. The van der Waals surface area contributed by atoms with Gasteiger partial charge in [-0.1, -0.05) is 180 Å². The van der Waals surface area contributed by atoms with E-state index >= 15 is 0 Å². The van der Waals surface area contributed by atoms with Crippen LogP contribution in [0.3, 0.4) is 0 Å². The molecule has 15 rings (SSSR count). The molecule has 6 nitrogen and oxygen atoms in total. The average molecular weight is 1200 g/mol. The molecule has 5 aliphatic rings. The van der Waals surface area contributed by atoms with Crippen molar-refractivity contribution < 1.29 is 46.9 Å². The van der Waals surface area contributed by atoms with Crippen LogP contribution in [-0.4, -0.2) is 56.2 Å². The molecule has 3 fully saturated rings. The van der Waals surface area contributed by atoms with Crippen LogP contribution in [0.2, 0.25) is 0 Å². The fourth-order valence-corrected chi connectivity index (χ4v) is 15.1. The van der Waals surface area contributed by atoms with Gasteiger partial charge >= 0.3 is 33.3 Å². The first-order valence-corrected chi connectivity index (χ1v) is 33.1. The van der Waals surface area contributed by atoms with E-state index in [1.165, 1.54) is 126 Å². The van der Waals surface area contributed by atoms with Crippen LogP contribution in [0.15, 0.2) is 164 Å². The van der Waals surface area contributed by atoms with Gasteiger partial charge in [0.25, 0.3) is 0 Å². The third-order valence-electron chi connectivity index (χ3n) is 19.1. The average Bonchev–Trinajstić information content (AvgIpc) is 1.74. The fourth-order valence-electron chi connectivity index (χ4n) is 12.5. The summed E-state index contributed by atoms with van der Waals surface area (Å²) in [7, 11) is -0.894. The van der Waals surface area contributed by atoms with Gasteiger partial charge in [0.05, 0.1) is 22.4 Å². The first-order chi connectivity index (χ1) is 41.4. The van der Waals surface area contributed by atoms with E-state index in [1.54, 1.807) is 0 Å². The second-order valence-corrected chi connectivity index (χ2v) is 29.2. The quantitative estimate of drug-likeness (QED) is 0.122. The Morgan fingerprint density at radius 2 is 0.852 bits per heavy atom. The maximum Gasteiger partial charge on any atom is 1.00 e. The first kappa shape index (κ1) is 65.6. The van der Waals surface area contributed by atoms with E-state index in [-0.39, 0.29) is 65.3 Å². The van der Waals surface area contributed by atoms with Gasteiger partial charge in [0, 0.05) is 70.6 Å². The molecule has 88 heavy (non-hydrogen) atoms. The normalized spacial score (nSPS) is 18.0. The van der Waals surface area contributed by atoms with Crippen molar-refractivity contribution in [1.82, 2.24) is 0 Å². The minimum Gasteiger partial charge on any atom is -0.399 e. The number of ether oxygens (including phenoxy) is 1. The smallest absolute Gasteiger partial charge is 0.399 e. The number of hydrogen-bond donors (Lipinski definition) is 0. The molecule has 0 radical (unpaired) electrons. The summed E-state index contributed by atoms with van der Waals surface area (Å²) in [5, 5.41) is 5.28. The number of thiophene rings is 2. The van der Waals surface area contributed by atoms with Crippen LogP contribution in [0.4, 0.5) is 0 Å². The predicted molar refractivity (Wildman–Crippen MR) is 373 cm³/mol. The van der Waals surface area contributed by atoms with Crippen LogP contribution in [0.25, 0.3) is 84.9 Å². The van der Waals surface area contributed by atoms with E-state index in [1.807, 2.05) is 64.2 Å². The molecule has 2 aromatic heterocycles. The van der Waals surface area contributed by atoms with E-state index < -0.39 is 7.32 Å². The zero-order chi connectivity index (χ0) is 61.8. The van der Waals surface area contributed by atoms with Gasteiger partial charge in [0.1, 0.15) is 0 Å². The Morgan fingerprint density at radius 3 is 1.33 bits per heavy atom. The summed E-state index contributed by atoms with van der Waals surface area (Å²) < 4.78 is 39.9. The van der Waals surface area contributed by atoms with Crippen LogP contribution in [0.1, 0.15) is 152 Å². The van der Waals surface area contributed by atoms with Gasteiger partial charge in [-0.3, -0.25) is 0 Å². The van der Waals surface area contributed by atoms with E-state index in [0.29, 0.717) is 0 Å². The fraction of sp³-hybridized carbons (Fsp3) is 0.364. The van der Waals surface area contributed by atoms with Crippen molar-refractivity contribution in [2.45, 2.75) is 169 Å². The number of rotatable bonds is 6. The standard InChI is InChI=1S/C33H31BO2S.C27H20S.C9H19BO3.C4H8O.C4H9.Li/c1-31(2)26-15-8-7-11-22(26)23-18-17-20(19-27(23)31)21-12-9-13-24-25-14-10-16-28(30(25)37-29(21)24)34-35-32(3,4)33(5,6)36-34;1-27(2)23-12-5-3-8-19(23)20-15-14-17(16-24(20)27)18-10-7-11-22-21-9-4-6-13-25(21)28-26(18)22;1-7(2)11-10-12-8(3,4)9(5,6)13-10;1-2-4-5-3-1;1-3-4-2;/h7-19H,1-6H3;3-16H,1-2H3;7H,1-6H3;1-4H2;3H,4H2,1-2H3;/q;;;;-1;+1. The van der Waals surface area contributed by atoms with Crippen LogP contribution >= 0.6 is 22.7 Å². The molecule has 2 aliphatic carbocycles. The Labute approximate surface area is 545 Å². The van der Waals surface area contributed by atoms with Crippen LogP contribution in [0.5, 0.6) is 0 Å². The SMILES string of the molecule is C1CCOC1.CC(C)OB1OC(C)(C)C(C)(C)O1.CC1(C)c2ccccc2-c2ccc(-c3cccc4c3sc3c(B5OC(C)(C)C(C)(C)O5)cccc34)cc21.CC1(C)c2ccccc2-c2ccc(-c3cccc4c3sc3ccccc34)cc21.C[CH-]CC.[Li+]. The number of benzene rings is 8. The maximum absolute atomic E-state index is 6.46. The molecule has 0 N–H and O–H groups in total. The van der Waals surface area contributed by atoms with Gasteiger partial charge in [0.2, 0.25) is 0 Å². The van der Waals surface area contributed by atoms with E-state index in [0.717, 1.165) is 18.7 Å². The minimum atomic E-state index is -0.523. The topological polar surface area (TPSA) is 55.4 Å². The molecule has 11 heteroatoms. The van der Waals surface area contributed by atoms with Gasteiger partial charge < -0.3 is 34.4 Å². The van der Waals surface area contributed by atoms with Crippen LogP contribution in [-0.2, 0) is 38.8 Å². The monoisotopic (exact) mass is 1200 g/mol. The van der Waals surface area contributed by atoms with E-state index in [2.05, 4.69) is 239 Å². The number of fused-ring (bicyclic) bond motifs is 12. The Hall–Kier alpha value is -5.31. The molecule has 0 bridgehead atoms. The summed E-state index contributed by atoms with van der Waals surface area (Å²) >= 11 is 3.76. The second kappa shape index (κ2) is 25.8. The van der Waals surface area contributed by atoms with E-state index in [9.17, 15) is 0 Å². The summed E-state index contributed by atoms with van der Waals surface area (Å²) in [5.41, 5.74) is 16.2. The van der Waals surface area contributed by atoms with Gasteiger partial charge in [-0.05, 0) is 172 Å². The molecule has 0 saturated carbocycles. The molecule has 0 unspecified atom stereocenters. The van der Waals surface area contributed by atoms with Crippen molar-refractivity contribution in [3.05, 3.63) is 192 Å². The van der Waals surface area contributed by atoms with Crippen LogP contribution in [0, 0.1) is 6.42 Å². The van der Waals surface area contributed by atoms with Crippen molar-refractivity contribution in [1.29, 1.82) is 0 Å². The Morgan fingerprint density at radius 1 is 0.455 bits per heavy atom.